The molecule has 0 spiro atoms. The lowest BCUT2D eigenvalue weighted by molar-refractivity contribution is 0.730. The average Bonchev–Trinajstić information content (AvgIpc) is 2.42. The minimum Gasteiger partial charge on any atom is -0.398 e. The lowest BCUT2D eigenvalue weighted by atomic mass is 10.3. The van der Waals surface area contributed by atoms with Gasteiger partial charge in [0.1, 0.15) is 0 Å². The van der Waals surface area contributed by atoms with Crippen LogP contribution in [-0.2, 0) is 0 Å². The van der Waals surface area contributed by atoms with Crippen molar-refractivity contribution < 1.29 is 0 Å². The number of allylic oxidation sites excluding steroid dienone is 1. The summed E-state index contributed by atoms with van der Waals surface area (Å²) in [6.07, 6.45) is 3.94. The molecule has 0 aromatic heterocycles. The number of rotatable bonds is 8. The highest BCUT2D eigenvalue weighted by atomic mass is 14.9. The Bertz CT molecular complexity index is 255. The van der Waals surface area contributed by atoms with E-state index in [1.54, 1.807) is 0 Å². The summed E-state index contributed by atoms with van der Waals surface area (Å²) in [5, 5.41) is 6.08. The van der Waals surface area contributed by atoms with Crippen molar-refractivity contribution in [1.82, 2.24) is 10.6 Å². The van der Waals surface area contributed by atoms with Crippen molar-refractivity contribution in [2.24, 2.45) is 5.73 Å². The monoisotopic (exact) mass is 267 g/mol. The summed E-state index contributed by atoms with van der Waals surface area (Å²) in [5.41, 5.74) is 7.33. The predicted octanol–water partition coefficient (Wildman–Crippen LogP) is 3.68. The van der Waals surface area contributed by atoms with Gasteiger partial charge >= 0.3 is 0 Å². The Balaban J connectivity index is -0.000000249. The average molecular weight is 267 g/mol. The third-order valence-electron chi connectivity index (χ3n) is 1.86. The molecule has 0 heterocycles. The Labute approximate surface area is 120 Å². The summed E-state index contributed by atoms with van der Waals surface area (Å²) in [7, 11) is 0. The van der Waals surface area contributed by atoms with Gasteiger partial charge in [-0.1, -0.05) is 53.5 Å². The van der Waals surface area contributed by atoms with Crippen LogP contribution in [0.25, 0.3) is 0 Å². The highest BCUT2D eigenvalue weighted by Gasteiger charge is 1.93. The molecule has 0 aromatic rings. The summed E-state index contributed by atoms with van der Waals surface area (Å²) in [5.74, 6) is 0. The van der Waals surface area contributed by atoms with E-state index in [2.05, 4.69) is 43.9 Å². The maximum absolute atomic E-state index is 5.34. The van der Waals surface area contributed by atoms with Gasteiger partial charge in [-0.25, -0.2) is 0 Å². The minimum atomic E-state index is 0.453. The smallest absolute Gasteiger partial charge is 0.0536 e. The van der Waals surface area contributed by atoms with E-state index in [4.69, 9.17) is 5.73 Å². The largest absolute Gasteiger partial charge is 0.398 e. The van der Waals surface area contributed by atoms with E-state index in [0.29, 0.717) is 11.4 Å². The van der Waals surface area contributed by atoms with Gasteiger partial charge < -0.3 is 16.4 Å². The summed E-state index contributed by atoms with van der Waals surface area (Å²) >= 11 is 0. The van der Waals surface area contributed by atoms with Crippen molar-refractivity contribution >= 4 is 0 Å². The Kier molecular flexibility index (Phi) is 22.5. The fourth-order valence-electron chi connectivity index (χ4n) is 0.763. The van der Waals surface area contributed by atoms with Gasteiger partial charge in [0.2, 0.25) is 0 Å². The number of hydrogen-bond donors (Lipinski definition) is 3. The third-order valence-corrected chi connectivity index (χ3v) is 1.86. The quantitative estimate of drug-likeness (QED) is 0.357. The highest BCUT2D eigenvalue weighted by Crippen LogP contribution is 1.98. The first-order valence-electron chi connectivity index (χ1n) is 6.89. The summed E-state index contributed by atoms with van der Waals surface area (Å²) in [6.45, 7) is 24.7. The van der Waals surface area contributed by atoms with E-state index in [1.165, 1.54) is 6.42 Å². The van der Waals surface area contributed by atoms with Gasteiger partial charge in [-0.05, 0) is 19.4 Å². The Morgan fingerprint density at radius 2 is 1.68 bits per heavy atom. The molecule has 0 unspecified atom stereocenters. The standard InChI is InChI=1S/C8H14N2.C6H13N.C2H6/c1-5-6(2)10-8(4)7(3)9;1-3-5-7-6-4-2;1-2/h10H,2-5,9H2,1H3;3,7H,1,4-6H2,2H3;1-2H3. The maximum Gasteiger partial charge on any atom is 0.0536 e. The van der Waals surface area contributed by atoms with Crippen LogP contribution in [0.15, 0.2) is 49.5 Å². The van der Waals surface area contributed by atoms with Gasteiger partial charge in [0.05, 0.1) is 5.70 Å². The molecule has 0 amide bonds. The van der Waals surface area contributed by atoms with E-state index < -0.39 is 0 Å². The van der Waals surface area contributed by atoms with Crippen molar-refractivity contribution in [2.75, 3.05) is 13.1 Å². The van der Waals surface area contributed by atoms with Crippen molar-refractivity contribution in [3.05, 3.63) is 49.5 Å². The molecule has 0 aliphatic carbocycles. The number of hydrogen-bond acceptors (Lipinski definition) is 3. The zero-order valence-corrected chi connectivity index (χ0v) is 13.3. The molecule has 0 rings (SSSR count). The Morgan fingerprint density at radius 3 is 2.00 bits per heavy atom. The lowest BCUT2D eigenvalue weighted by Gasteiger charge is -2.08. The molecular formula is C16H33N3. The zero-order valence-electron chi connectivity index (χ0n) is 13.3. The second kappa shape index (κ2) is 18.9. The minimum absolute atomic E-state index is 0.453. The second-order valence-electron chi connectivity index (χ2n) is 3.58. The highest BCUT2D eigenvalue weighted by molar-refractivity contribution is 5.23. The number of nitrogens with two attached hydrogens (primary N) is 1. The van der Waals surface area contributed by atoms with Crippen LogP contribution in [0.1, 0.15) is 40.5 Å². The van der Waals surface area contributed by atoms with Gasteiger partial charge in [0, 0.05) is 17.9 Å². The molecule has 0 saturated heterocycles. The fraction of sp³-hybridized carbons (Fsp3) is 0.500. The van der Waals surface area contributed by atoms with Crippen LogP contribution in [0.2, 0.25) is 0 Å². The fourth-order valence-corrected chi connectivity index (χ4v) is 0.763. The van der Waals surface area contributed by atoms with E-state index in [1.807, 2.05) is 26.8 Å². The van der Waals surface area contributed by atoms with E-state index in [9.17, 15) is 0 Å². The van der Waals surface area contributed by atoms with Crippen molar-refractivity contribution in [3.63, 3.8) is 0 Å². The van der Waals surface area contributed by atoms with Gasteiger partial charge in [0.15, 0.2) is 0 Å². The molecule has 4 N–H and O–H groups in total. The first-order valence-corrected chi connectivity index (χ1v) is 6.89. The molecular weight excluding hydrogens is 234 g/mol. The zero-order chi connectivity index (χ0) is 15.7. The summed E-state index contributed by atoms with van der Waals surface area (Å²) in [6, 6.07) is 0. The van der Waals surface area contributed by atoms with E-state index in [0.717, 1.165) is 25.2 Å². The molecule has 0 saturated carbocycles. The van der Waals surface area contributed by atoms with Crippen molar-refractivity contribution in [1.29, 1.82) is 0 Å². The molecule has 0 fully saturated rings. The normalized spacial score (nSPS) is 8.00. The summed E-state index contributed by atoms with van der Waals surface area (Å²) in [4.78, 5) is 0. The molecule has 19 heavy (non-hydrogen) atoms. The first-order chi connectivity index (χ1) is 8.99. The van der Waals surface area contributed by atoms with Crippen LogP contribution >= 0.6 is 0 Å². The van der Waals surface area contributed by atoms with Gasteiger partial charge in [-0.3, -0.25) is 0 Å². The molecule has 0 aliphatic rings. The van der Waals surface area contributed by atoms with Crippen LogP contribution in [0.3, 0.4) is 0 Å². The molecule has 0 aliphatic heterocycles. The van der Waals surface area contributed by atoms with Gasteiger partial charge in [-0.15, -0.1) is 6.58 Å². The molecule has 0 bridgehead atoms. The number of nitrogens with one attached hydrogen (secondary N) is 2. The molecule has 0 radical (unpaired) electrons. The first kappa shape index (κ1) is 22.7. The maximum atomic E-state index is 5.34. The lowest BCUT2D eigenvalue weighted by Crippen LogP contribution is -2.15. The molecule has 112 valence electrons. The molecule has 3 nitrogen and oxygen atoms in total. The van der Waals surface area contributed by atoms with Crippen LogP contribution < -0.4 is 16.4 Å². The van der Waals surface area contributed by atoms with Crippen LogP contribution in [0.4, 0.5) is 0 Å². The van der Waals surface area contributed by atoms with Crippen molar-refractivity contribution in [2.45, 2.75) is 40.5 Å². The molecule has 0 atom stereocenters. The van der Waals surface area contributed by atoms with E-state index >= 15 is 0 Å². The van der Waals surface area contributed by atoms with Gasteiger partial charge in [0.25, 0.3) is 0 Å². The van der Waals surface area contributed by atoms with Gasteiger partial charge in [-0.2, -0.15) is 0 Å². The predicted molar refractivity (Wildman–Crippen MR) is 89.7 cm³/mol. The van der Waals surface area contributed by atoms with Crippen molar-refractivity contribution in [3.8, 4) is 0 Å². The van der Waals surface area contributed by atoms with E-state index in [-0.39, 0.29) is 0 Å². The molecule has 3 heteroatoms. The third kappa shape index (κ3) is 22.2. The molecule has 0 aromatic carbocycles. The van der Waals surface area contributed by atoms with Crippen LogP contribution in [-0.4, -0.2) is 13.1 Å². The SMILES string of the molecule is C=C(CC)NC(=C)C(=C)N.C=CCNCCC.CC. The van der Waals surface area contributed by atoms with Crippen LogP contribution in [0.5, 0.6) is 0 Å². The summed E-state index contributed by atoms with van der Waals surface area (Å²) < 4.78 is 0. The topological polar surface area (TPSA) is 50.1 Å². The van der Waals surface area contributed by atoms with Crippen LogP contribution in [0, 0.1) is 0 Å². The Hall–Kier alpha value is -1.48. The second-order valence-corrected chi connectivity index (χ2v) is 3.58. The Morgan fingerprint density at radius 1 is 1.16 bits per heavy atom.